The van der Waals surface area contributed by atoms with Crippen molar-refractivity contribution in [3.63, 3.8) is 0 Å². The first kappa shape index (κ1) is 19.5. The van der Waals surface area contributed by atoms with Crippen molar-refractivity contribution >= 4 is 40.1 Å². The molecule has 3 aromatic rings. The van der Waals surface area contributed by atoms with Crippen molar-refractivity contribution in [2.75, 3.05) is 13.2 Å². The van der Waals surface area contributed by atoms with Gasteiger partial charge in [0.05, 0.1) is 16.1 Å². The highest BCUT2D eigenvalue weighted by Crippen LogP contribution is 2.27. The number of halogens is 2. The Kier molecular flexibility index (Phi) is 6.24. The minimum atomic E-state index is -0.215. The van der Waals surface area contributed by atoms with Crippen LogP contribution in [0.5, 0.6) is 5.75 Å². The van der Waals surface area contributed by atoms with E-state index in [4.69, 9.17) is 32.9 Å². The topological polar surface area (TPSA) is 56.2 Å². The maximum Gasteiger partial charge on any atom is 0.257 e. The van der Waals surface area contributed by atoms with E-state index in [0.717, 1.165) is 16.9 Å². The van der Waals surface area contributed by atoms with Gasteiger partial charge in [0.25, 0.3) is 5.91 Å². The lowest BCUT2D eigenvalue weighted by Gasteiger charge is -2.13. The maximum absolute atomic E-state index is 12.0. The van der Waals surface area contributed by atoms with Gasteiger partial charge in [0.2, 0.25) is 0 Å². The molecule has 1 aromatic heterocycles. The Morgan fingerprint density at radius 1 is 1.22 bits per heavy atom. The summed E-state index contributed by atoms with van der Waals surface area (Å²) in [5.41, 5.74) is 2.07. The van der Waals surface area contributed by atoms with Gasteiger partial charge < -0.3 is 14.6 Å². The van der Waals surface area contributed by atoms with Crippen molar-refractivity contribution in [2.45, 2.75) is 26.3 Å². The highest BCUT2D eigenvalue weighted by atomic mass is 35.5. The number of nitrogens with zero attached hydrogens (tertiary/aromatic N) is 2. The van der Waals surface area contributed by atoms with Gasteiger partial charge in [-0.1, -0.05) is 35.3 Å². The van der Waals surface area contributed by atoms with E-state index in [-0.39, 0.29) is 12.5 Å². The lowest BCUT2D eigenvalue weighted by atomic mass is 10.3. The molecule has 0 bridgehead atoms. The van der Waals surface area contributed by atoms with Crippen LogP contribution in [0.2, 0.25) is 10.0 Å². The highest BCUT2D eigenvalue weighted by molar-refractivity contribution is 6.35. The van der Waals surface area contributed by atoms with Gasteiger partial charge in [-0.15, -0.1) is 0 Å². The molecule has 0 atom stereocenters. The van der Waals surface area contributed by atoms with E-state index in [1.54, 1.807) is 18.2 Å². The van der Waals surface area contributed by atoms with Crippen molar-refractivity contribution in [1.29, 1.82) is 0 Å². The van der Waals surface area contributed by atoms with Gasteiger partial charge in [0, 0.05) is 24.0 Å². The Morgan fingerprint density at radius 2 is 2.00 bits per heavy atom. The number of hydrogen-bond acceptors (Lipinski definition) is 3. The molecule has 0 aliphatic rings. The summed E-state index contributed by atoms with van der Waals surface area (Å²) in [6.07, 6.45) is 0.639. The summed E-state index contributed by atoms with van der Waals surface area (Å²) < 4.78 is 7.64. The van der Waals surface area contributed by atoms with E-state index >= 15 is 0 Å². The molecule has 1 amide bonds. The predicted octanol–water partition coefficient (Wildman–Crippen LogP) is 4.66. The van der Waals surface area contributed by atoms with E-state index in [0.29, 0.717) is 34.8 Å². The number of carbonyl (C=O) groups excluding carboxylic acids is 1. The first-order chi connectivity index (χ1) is 13.0. The van der Waals surface area contributed by atoms with Gasteiger partial charge in [0.15, 0.2) is 6.61 Å². The number of ether oxygens (including phenoxy) is 1. The Bertz CT molecular complexity index is 954. The van der Waals surface area contributed by atoms with Gasteiger partial charge in [-0.25, -0.2) is 4.98 Å². The highest BCUT2D eigenvalue weighted by Gasteiger charge is 2.13. The predicted molar refractivity (Wildman–Crippen MR) is 109 cm³/mol. The molecule has 5 nitrogen and oxygen atoms in total. The largest absolute Gasteiger partial charge is 0.482 e. The van der Waals surface area contributed by atoms with Crippen LogP contribution in [0.4, 0.5) is 0 Å². The fourth-order valence-electron chi connectivity index (χ4n) is 2.95. The van der Waals surface area contributed by atoms with Gasteiger partial charge >= 0.3 is 0 Å². The van der Waals surface area contributed by atoms with Crippen molar-refractivity contribution in [1.82, 2.24) is 14.9 Å². The first-order valence-corrected chi connectivity index (χ1v) is 9.51. The molecular weight excluding hydrogens is 385 g/mol. The van der Waals surface area contributed by atoms with Crippen molar-refractivity contribution in [3.8, 4) is 5.75 Å². The third-order valence-electron chi connectivity index (χ3n) is 4.11. The second kappa shape index (κ2) is 8.63. The number of fused-ring (bicyclic) bond motifs is 1. The number of imidazole rings is 1. The molecule has 2 aromatic carbocycles. The summed E-state index contributed by atoms with van der Waals surface area (Å²) in [5, 5.41) is 3.75. The van der Waals surface area contributed by atoms with E-state index in [9.17, 15) is 4.79 Å². The maximum atomic E-state index is 12.0. The average molecular weight is 406 g/mol. The molecule has 0 saturated heterocycles. The number of aromatic nitrogens is 2. The molecule has 3 rings (SSSR count). The molecule has 7 heteroatoms. The molecule has 1 heterocycles. The van der Waals surface area contributed by atoms with Crippen molar-refractivity contribution in [3.05, 3.63) is 58.3 Å². The Labute approximate surface area is 168 Å². The van der Waals surface area contributed by atoms with Crippen molar-refractivity contribution in [2.24, 2.45) is 0 Å². The van der Waals surface area contributed by atoms with Crippen LogP contribution in [0.3, 0.4) is 0 Å². The molecule has 0 aliphatic heterocycles. The van der Waals surface area contributed by atoms with Gasteiger partial charge in [0.1, 0.15) is 11.6 Å². The summed E-state index contributed by atoms with van der Waals surface area (Å²) in [4.78, 5) is 16.7. The second-order valence-corrected chi connectivity index (χ2v) is 7.29. The minimum Gasteiger partial charge on any atom is -0.482 e. The third kappa shape index (κ3) is 4.73. The first-order valence-electron chi connectivity index (χ1n) is 8.76. The monoisotopic (exact) mass is 405 g/mol. The van der Waals surface area contributed by atoms with Crippen LogP contribution >= 0.6 is 23.2 Å². The molecule has 0 radical (unpaired) electrons. The van der Waals surface area contributed by atoms with Crippen LogP contribution in [-0.2, 0) is 11.2 Å². The van der Waals surface area contributed by atoms with Crippen molar-refractivity contribution < 1.29 is 9.53 Å². The average Bonchev–Trinajstić information content (AvgIpc) is 2.99. The molecule has 1 N–H and O–H groups in total. The number of rotatable bonds is 7. The number of amides is 1. The summed E-state index contributed by atoms with van der Waals surface area (Å²) in [7, 11) is 0. The van der Waals surface area contributed by atoms with Crippen LogP contribution in [0, 0.1) is 0 Å². The molecule has 0 spiro atoms. The third-order valence-corrected chi connectivity index (χ3v) is 4.64. The number of hydrogen-bond donors (Lipinski definition) is 1. The van der Waals surface area contributed by atoms with Gasteiger partial charge in [-0.05, 0) is 44.2 Å². The zero-order chi connectivity index (χ0) is 19.4. The summed E-state index contributed by atoms with van der Waals surface area (Å²) >= 11 is 11.9. The standard InChI is InChI=1S/C20H21Cl2N3O2/c1-13(2)25-17-6-4-3-5-16(17)24-19(25)9-10-23-20(26)12-27-18-8-7-14(21)11-15(18)22/h3-8,11,13H,9-10,12H2,1-2H3,(H,23,26). The van der Waals surface area contributed by atoms with Gasteiger partial charge in [-0.2, -0.15) is 0 Å². The smallest absolute Gasteiger partial charge is 0.257 e. The van der Waals surface area contributed by atoms with Gasteiger partial charge in [-0.3, -0.25) is 4.79 Å². The van der Waals surface area contributed by atoms with Crippen LogP contribution < -0.4 is 10.1 Å². The molecule has 27 heavy (non-hydrogen) atoms. The quantitative estimate of drug-likeness (QED) is 0.621. The van der Waals surface area contributed by atoms with Crippen LogP contribution in [0.25, 0.3) is 11.0 Å². The normalized spacial score (nSPS) is 11.1. The fourth-order valence-corrected chi connectivity index (χ4v) is 3.41. The van der Waals surface area contributed by atoms with E-state index in [1.165, 1.54) is 0 Å². The molecular formula is C20H21Cl2N3O2. The Hall–Kier alpha value is -2.24. The lowest BCUT2D eigenvalue weighted by molar-refractivity contribution is -0.123. The molecule has 0 unspecified atom stereocenters. The number of nitrogens with one attached hydrogen (secondary N) is 1. The zero-order valence-electron chi connectivity index (χ0n) is 15.2. The van der Waals surface area contributed by atoms with E-state index < -0.39 is 0 Å². The van der Waals surface area contributed by atoms with Crippen LogP contribution in [-0.4, -0.2) is 28.6 Å². The molecule has 0 saturated carbocycles. The summed E-state index contributed by atoms with van der Waals surface area (Å²) in [6, 6.07) is 13.2. The minimum absolute atomic E-state index is 0.109. The SMILES string of the molecule is CC(C)n1c(CCNC(=O)COc2ccc(Cl)cc2Cl)nc2ccccc21. The summed E-state index contributed by atoms with van der Waals surface area (Å²) in [6.45, 7) is 4.62. The van der Waals surface area contributed by atoms with E-state index in [1.807, 2.05) is 18.2 Å². The number of carbonyl (C=O) groups is 1. The summed E-state index contributed by atoms with van der Waals surface area (Å²) in [5.74, 6) is 1.17. The molecule has 0 aliphatic carbocycles. The molecule has 0 fully saturated rings. The Morgan fingerprint density at radius 3 is 2.74 bits per heavy atom. The lowest BCUT2D eigenvalue weighted by Crippen LogP contribution is -2.31. The fraction of sp³-hybridized carbons (Fsp3) is 0.300. The van der Waals surface area contributed by atoms with Crippen LogP contribution in [0.15, 0.2) is 42.5 Å². The van der Waals surface area contributed by atoms with E-state index in [2.05, 4.69) is 29.8 Å². The second-order valence-electron chi connectivity index (χ2n) is 6.44. The zero-order valence-corrected chi connectivity index (χ0v) is 16.7. The number of benzene rings is 2. The number of para-hydroxylation sites is 2. The molecule has 142 valence electrons. The van der Waals surface area contributed by atoms with Crippen LogP contribution in [0.1, 0.15) is 25.7 Å². The Balaban J connectivity index is 1.56.